The fraction of sp³-hybridized carbons (Fsp3) is 0.667. The summed E-state index contributed by atoms with van der Waals surface area (Å²) in [4.78, 5) is 6.81. The van der Waals surface area contributed by atoms with Crippen LogP contribution in [0.25, 0.3) is 0 Å². The van der Waals surface area contributed by atoms with E-state index in [-0.39, 0.29) is 29.4 Å². The number of rotatable bonds is 7. The molecule has 2 N–H and O–H groups in total. The van der Waals surface area contributed by atoms with Crippen LogP contribution in [0.4, 0.5) is 0 Å². The lowest BCUT2D eigenvalue weighted by molar-refractivity contribution is 0.0388. The Hall–Kier alpha value is -0.810. The van der Waals surface area contributed by atoms with E-state index in [0.717, 1.165) is 94.3 Å². The van der Waals surface area contributed by atoms with Gasteiger partial charge in [0.05, 0.1) is 20.3 Å². The summed E-state index contributed by atoms with van der Waals surface area (Å²) in [6.45, 7) is 7.63. The van der Waals surface area contributed by atoms with Crippen molar-refractivity contribution in [2.75, 3.05) is 73.3 Å². The molecule has 30 heavy (non-hydrogen) atoms. The third kappa shape index (κ3) is 6.85. The normalized spacial score (nSPS) is 19.6. The van der Waals surface area contributed by atoms with E-state index in [1.54, 1.807) is 14.2 Å². The minimum Gasteiger partial charge on any atom is -0.496 e. The van der Waals surface area contributed by atoms with E-state index >= 15 is 0 Å². The predicted octanol–water partition coefficient (Wildman–Crippen LogP) is 2.51. The molecule has 2 saturated heterocycles. The Bertz CT molecular complexity index is 680. The van der Waals surface area contributed by atoms with E-state index in [9.17, 15) is 0 Å². The average molecular weight is 553 g/mol. The van der Waals surface area contributed by atoms with Gasteiger partial charge in [0.15, 0.2) is 5.96 Å². The molecule has 7 nitrogen and oxygen atoms in total. The van der Waals surface area contributed by atoms with Gasteiger partial charge in [-0.2, -0.15) is 0 Å². The highest BCUT2D eigenvalue weighted by Gasteiger charge is 2.37. The number of hydrogen-bond acceptors (Lipinski definition) is 5. The van der Waals surface area contributed by atoms with E-state index in [1.807, 2.05) is 18.2 Å². The quantitative estimate of drug-likeness (QED) is 0.308. The molecule has 170 valence electrons. The monoisotopic (exact) mass is 552 g/mol. The molecule has 0 radical (unpaired) electrons. The summed E-state index contributed by atoms with van der Waals surface area (Å²) in [6, 6.07) is 5.85. The molecule has 2 aliphatic heterocycles. The fourth-order valence-electron chi connectivity index (χ4n) is 4.03. The molecule has 0 aliphatic carbocycles. The number of halogens is 2. The van der Waals surface area contributed by atoms with Gasteiger partial charge in [-0.25, -0.2) is 0 Å². The molecule has 1 aromatic carbocycles. The summed E-state index contributed by atoms with van der Waals surface area (Å²) >= 11 is 6.33. The molecule has 2 fully saturated rings. The van der Waals surface area contributed by atoms with Crippen molar-refractivity contribution >= 4 is 41.5 Å². The highest BCUT2D eigenvalue weighted by molar-refractivity contribution is 14.0. The number of hydrogen-bond donors (Lipinski definition) is 2. The summed E-state index contributed by atoms with van der Waals surface area (Å²) in [7, 11) is 3.51. The van der Waals surface area contributed by atoms with Crippen LogP contribution in [0.1, 0.15) is 18.4 Å². The van der Waals surface area contributed by atoms with Crippen LogP contribution >= 0.6 is 35.6 Å². The van der Waals surface area contributed by atoms with E-state index in [0.29, 0.717) is 0 Å². The maximum Gasteiger partial charge on any atom is 0.191 e. The van der Waals surface area contributed by atoms with Gasteiger partial charge in [0.1, 0.15) is 5.75 Å². The Morgan fingerprint density at radius 3 is 2.53 bits per heavy atom. The van der Waals surface area contributed by atoms with Crippen molar-refractivity contribution in [3.8, 4) is 5.75 Å². The summed E-state index contributed by atoms with van der Waals surface area (Å²) < 4.78 is 16.7. The molecule has 0 unspecified atom stereocenters. The number of nitrogens with one attached hydrogen (secondary N) is 2. The van der Waals surface area contributed by atoms with Crippen LogP contribution in [0.2, 0.25) is 5.02 Å². The third-order valence-electron chi connectivity index (χ3n) is 5.82. The molecule has 1 aromatic rings. The number of methoxy groups -OCH3 is 1. The first-order valence-corrected chi connectivity index (χ1v) is 10.7. The highest BCUT2D eigenvalue weighted by atomic mass is 127. The third-order valence-corrected chi connectivity index (χ3v) is 6.06. The first-order chi connectivity index (χ1) is 14.2. The molecular formula is C21H34ClIN4O3. The van der Waals surface area contributed by atoms with Gasteiger partial charge in [0.25, 0.3) is 0 Å². The number of morpholine rings is 1. The predicted molar refractivity (Wildman–Crippen MR) is 132 cm³/mol. The summed E-state index contributed by atoms with van der Waals surface area (Å²) in [5.41, 5.74) is 1.02. The number of aliphatic imine (C=N–C) groups is 1. The van der Waals surface area contributed by atoms with Crippen molar-refractivity contribution in [3.05, 3.63) is 28.8 Å². The lowest BCUT2D eigenvalue weighted by Crippen LogP contribution is -2.49. The molecular weight excluding hydrogens is 519 g/mol. The molecule has 2 aliphatic rings. The van der Waals surface area contributed by atoms with Crippen LogP contribution in [0.3, 0.4) is 0 Å². The zero-order valence-electron chi connectivity index (χ0n) is 17.9. The smallest absolute Gasteiger partial charge is 0.191 e. The zero-order chi connectivity index (χ0) is 20.5. The van der Waals surface area contributed by atoms with Crippen molar-refractivity contribution in [1.82, 2.24) is 15.5 Å². The van der Waals surface area contributed by atoms with Crippen molar-refractivity contribution < 1.29 is 14.2 Å². The topological polar surface area (TPSA) is 67.4 Å². The number of ether oxygens (including phenoxy) is 3. The maximum atomic E-state index is 6.33. The maximum absolute atomic E-state index is 6.33. The van der Waals surface area contributed by atoms with E-state index in [2.05, 4.69) is 20.5 Å². The average Bonchev–Trinajstić information content (AvgIpc) is 2.77. The van der Waals surface area contributed by atoms with Gasteiger partial charge in [-0.3, -0.25) is 9.89 Å². The molecule has 0 saturated carbocycles. The van der Waals surface area contributed by atoms with E-state index in [1.165, 1.54) is 0 Å². The standard InChI is InChI=1S/C21H33ClN4O3.HI/c1-23-20(24-7-8-26-9-13-29-14-10-26)25-16-21(5-11-28-12-6-21)18-15-17(22)3-4-19(18)27-2;/h3-4,15H,5-14,16H2,1-2H3,(H2,23,24,25);1H. The van der Waals surface area contributed by atoms with Crippen molar-refractivity contribution in [2.24, 2.45) is 4.99 Å². The lowest BCUT2D eigenvalue weighted by Gasteiger charge is -2.39. The summed E-state index contributed by atoms with van der Waals surface area (Å²) in [6.07, 6.45) is 1.81. The number of guanidine groups is 1. The summed E-state index contributed by atoms with van der Waals surface area (Å²) in [5.74, 6) is 1.68. The minimum atomic E-state index is -0.115. The minimum absolute atomic E-state index is 0. The highest BCUT2D eigenvalue weighted by Crippen LogP contribution is 2.40. The van der Waals surface area contributed by atoms with Crippen molar-refractivity contribution in [2.45, 2.75) is 18.3 Å². The molecule has 3 rings (SSSR count). The first-order valence-electron chi connectivity index (χ1n) is 10.3. The second kappa shape index (κ2) is 12.9. The molecule has 0 spiro atoms. The van der Waals surface area contributed by atoms with Crippen LogP contribution < -0.4 is 15.4 Å². The van der Waals surface area contributed by atoms with Gasteiger partial charge >= 0.3 is 0 Å². The van der Waals surface area contributed by atoms with Crippen LogP contribution in [-0.4, -0.2) is 84.2 Å². The van der Waals surface area contributed by atoms with Gasteiger partial charge in [-0.05, 0) is 31.0 Å². The van der Waals surface area contributed by atoms with E-state index < -0.39 is 0 Å². The lowest BCUT2D eigenvalue weighted by atomic mass is 9.73. The Balaban J connectivity index is 0.00000320. The van der Waals surface area contributed by atoms with Gasteiger partial charge in [-0.15, -0.1) is 24.0 Å². The second-order valence-electron chi connectivity index (χ2n) is 7.54. The fourth-order valence-corrected chi connectivity index (χ4v) is 4.20. The Labute approximate surface area is 201 Å². The Morgan fingerprint density at radius 2 is 1.87 bits per heavy atom. The molecule has 0 bridgehead atoms. The molecule has 2 heterocycles. The van der Waals surface area contributed by atoms with Gasteiger partial charge < -0.3 is 24.8 Å². The summed E-state index contributed by atoms with van der Waals surface area (Å²) in [5, 5.41) is 7.68. The Morgan fingerprint density at radius 1 is 1.17 bits per heavy atom. The van der Waals surface area contributed by atoms with Crippen LogP contribution in [0.5, 0.6) is 5.75 Å². The van der Waals surface area contributed by atoms with Gasteiger partial charge in [0.2, 0.25) is 0 Å². The zero-order valence-corrected chi connectivity index (χ0v) is 21.0. The van der Waals surface area contributed by atoms with Crippen molar-refractivity contribution in [1.29, 1.82) is 0 Å². The van der Waals surface area contributed by atoms with Crippen LogP contribution in [0, 0.1) is 0 Å². The van der Waals surface area contributed by atoms with Gasteiger partial charge in [0, 0.05) is 69.0 Å². The van der Waals surface area contributed by atoms with Crippen LogP contribution in [-0.2, 0) is 14.9 Å². The van der Waals surface area contributed by atoms with Gasteiger partial charge in [-0.1, -0.05) is 11.6 Å². The van der Waals surface area contributed by atoms with Crippen LogP contribution in [0.15, 0.2) is 23.2 Å². The molecule has 0 atom stereocenters. The number of benzene rings is 1. The second-order valence-corrected chi connectivity index (χ2v) is 7.98. The van der Waals surface area contributed by atoms with Crippen molar-refractivity contribution in [3.63, 3.8) is 0 Å². The first kappa shape index (κ1) is 25.5. The molecule has 9 heteroatoms. The molecule has 0 amide bonds. The van der Waals surface area contributed by atoms with E-state index in [4.69, 9.17) is 25.8 Å². The molecule has 0 aromatic heterocycles. The largest absolute Gasteiger partial charge is 0.496 e. The SMILES string of the molecule is CN=C(NCCN1CCOCC1)NCC1(c2cc(Cl)ccc2OC)CCOCC1.I. The Kier molecular flexibility index (Phi) is 10.9. The number of nitrogens with zero attached hydrogens (tertiary/aromatic N) is 2.